The van der Waals surface area contributed by atoms with Crippen LogP contribution >= 0.6 is 0 Å². The Kier molecular flexibility index (Phi) is 4.38. The molecule has 0 unspecified atom stereocenters. The van der Waals surface area contributed by atoms with Crippen molar-refractivity contribution in [3.05, 3.63) is 46.8 Å². The maximum Gasteiger partial charge on any atom is 0.232 e. The summed E-state index contributed by atoms with van der Waals surface area (Å²) in [6.07, 6.45) is 0.118. The predicted molar refractivity (Wildman–Crippen MR) is 89.6 cm³/mol. The number of carbonyl (C=O) groups is 2. The van der Waals surface area contributed by atoms with Crippen molar-refractivity contribution in [1.29, 1.82) is 0 Å². The van der Waals surface area contributed by atoms with Crippen LogP contribution in [0.2, 0.25) is 0 Å². The lowest BCUT2D eigenvalue weighted by Gasteiger charge is -2.09. The summed E-state index contributed by atoms with van der Waals surface area (Å²) < 4.78 is 5.19. The van der Waals surface area contributed by atoms with Crippen LogP contribution in [-0.4, -0.2) is 17.0 Å². The molecule has 6 heteroatoms. The topological polar surface area (TPSA) is 84.2 Å². The molecule has 3 rings (SSSR count). The number of amides is 2. The summed E-state index contributed by atoms with van der Waals surface area (Å²) in [5.41, 5.74) is 3.61. The molecule has 24 heavy (non-hydrogen) atoms. The van der Waals surface area contributed by atoms with Crippen LogP contribution in [0.25, 0.3) is 0 Å². The number of aromatic nitrogens is 1. The number of hydrogen-bond donors (Lipinski definition) is 2. The standard InChI is InChI=1S/C18H21N3O3/c1-10(2)15-7-12(24-21-15)9-19-17(22)8-14-13-5-4-11(3)6-16(13)20-18(14)23/h4-7,10,14H,8-9H2,1-3H3,(H,19,22)(H,20,23)/t14-/m1/s1. The van der Waals surface area contributed by atoms with E-state index >= 15 is 0 Å². The van der Waals surface area contributed by atoms with E-state index < -0.39 is 5.92 Å². The molecule has 1 aromatic carbocycles. The highest BCUT2D eigenvalue weighted by molar-refractivity contribution is 6.05. The minimum atomic E-state index is -0.443. The second kappa shape index (κ2) is 6.47. The second-order valence-corrected chi connectivity index (χ2v) is 6.49. The Balaban J connectivity index is 1.60. The van der Waals surface area contributed by atoms with E-state index in [2.05, 4.69) is 15.8 Å². The fraction of sp³-hybridized carbons (Fsp3) is 0.389. The maximum absolute atomic E-state index is 12.2. The minimum absolute atomic E-state index is 0.118. The van der Waals surface area contributed by atoms with Gasteiger partial charge in [0.25, 0.3) is 0 Å². The zero-order valence-electron chi connectivity index (χ0n) is 14.1. The molecule has 0 saturated heterocycles. The van der Waals surface area contributed by atoms with Crippen LogP contribution in [0.1, 0.15) is 54.7 Å². The zero-order valence-corrected chi connectivity index (χ0v) is 14.1. The molecule has 0 aliphatic carbocycles. The van der Waals surface area contributed by atoms with E-state index in [0.29, 0.717) is 5.76 Å². The first-order chi connectivity index (χ1) is 11.4. The normalized spacial score (nSPS) is 16.2. The monoisotopic (exact) mass is 327 g/mol. The number of fused-ring (bicyclic) bond motifs is 1. The van der Waals surface area contributed by atoms with Gasteiger partial charge in [-0.15, -0.1) is 0 Å². The molecule has 0 saturated carbocycles. The van der Waals surface area contributed by atoms with Crippen molar-refractivity contribution in [2.45, 2.75) is 45.6 Å². The number of nitrogens with one attached hydrogen (secondary N) is 2. The van der Waals surface area contributed by atoms with Gasteiger partial charge in [-0.05, 0) is 30.0 Å². The predicted octanol–water partition coefficient (Wildman–Crippen LogP) is 2.85. The molecule has 1 aliphatic rings. The fourth-order valence-electron chi connectivity index (χ4n) is 2.77. The Labute approximate surface area is 140 Å². The third kappa shape index (κ3) is 3.32. The van der Waals surface area contributed by atoms with Crippen molar-refractivity contribution < 1.29 is 14.1 Å². The van der Waals surface area contributed by atoms with Crippen molar-refractivity contribution in [2.75, 3.05) is 5.32 Å². The molecule has 2 heterocycles. The largest absolute Gasteiger partial charge is 0.359 e. The molecule has 126 valence electrons. The molecule has 1 aromatic heterocycles. The van der Waals surface area contributed by atoms with Gasteiger partial charge >= 0.3 is 0 Å². The number of anilines is 1. The number of benzene rings is 1. The quantitative estimate of drug-likeness (QED) is 0.884. The highest BCUT2D eigenvalue weighted by atomic mass is 16.5. The van der Waals surface area contributed by atoms with Gasteiger partial charge in [0.15, 0.2) is 5.76 Å². The van der Waals surface area contributed by atoms with E-state index in [1.165, 1.54) is 0 Å². The third-order valence-corrected chi connectivity index (χ3v) is 4.18. The second-order valence-electron chi connectivity index (χ2n) is 6.49. The minimum Gasteiger partial charge on any atom is -0.359 e. The summed E-state index contributed by atoms with van der Waals surface area (Å²) in [6.45, 7) is 6.29. The lowest BCUT2D eigenvalue weighted by Crippen LogP contribution is -2.26. The summed E-state index contributed by atoms with van der Waals surface area (Å²) in [5.74, 6) is 0.124. The Morgan fingerprint density at radius 3 is 2.88 bits per heavy atom. The first-order valence-electron chi connectivity index (χ1n) is 8.07. The molecule has 2 N–H and O–H groups in total. The Hall–Kier alpha value is -2.63. The molecule has 6 nitrogen and oxygen atoms in total. The number of rotatable bonds is 5. The molecule has 2 amide bonds. The lowest BCUT2D eigenvalue weighted by molar-refractivity contribution is -0.125. The van der Waals surface area contributed by atoms with Gasteiger partial charge in [0, 0.05) is 18.2 Å². The SMILES string of the molecule is Cc1ccc2c(c1)NC(=O)[C@@H]2CC(=O)NCc1cc(C(C)C)no1. The highest BCUT2D eigenvalue weighted by Crippen LogP contribution is 2.35. The Morgan fingerprint density at radius 1 is 1.38 bits per heavy atom. The lowest BCUT2D eigenvalue weighted by atomic mass is 9.96. The fourth-order valence-corrected chi connectivity index (χ4v) is 2.77. The van der Waals surface area contributed by atoms with Crippen LogP contribution in [0, 0.1) is 6.92 Å². The molecule has 1 aliphatic heterocycles. The van der Waals surface area contributed by atoms with Gasteiger partial charge in [0.2, 0.25) is 11.8 Å². The average Bonchev–Trinajstić information content (AvgIpc) is 3.10. The van der Waals surface area contributed by atoms with Crippen molar-refractivity contribution in [3.8, 4) is 0 Å². The molecular weight excluding hydrogens is 306 g/mol. The zero-order chi connectivity index (χ0) is 17.3. The summed E-state index contributed by atoms with van der Waals surface area (Å²) >= 11 is 0. The van der Waals surface area contributed by atoms with Crippen LogP contribution in [0.15, 0.2) is 28.8 Å². The van der Waals surface area contributed by atoms with Crippen molar-refractivity contribution in [2.24, 2.45) is 0 Å². The maximum atomic E-state index is 12.2. The number of carbonyl (C=O) groups excluding carboxylic acids is 2. The van der Waals surface area contributed by atoms with Crippen LogP contribution in [0.4, 0.5) is 5.69 Å². The molecule has 0 fully saturated rings. The molecule has 2 aromatic rings. The van der Waals surface area contributed by atoms with Gasteiger partial charge in [0.1, 0.15) is 0 Å². The van der Waals surface area contributed by atoms with Crippen LogP contribution in [0.5, 0.6) is 0 Å². The van der Waals surface area contributed by atoms with E-state index in [9.17, 15) is 9.59 Å². The number of aryl methyl sites for hydroxylation is 1. The molecule has 1 atom stereocenters. The Bertz CT molecular complexity index is 780. The highest BCUT2D eigenvalue weighted by Gasteiger charge is 2.32. The number of hydrogen-bond acceptors (Lipinski definition) is 4. The molecular formula is C18H21N3O3. The number of nitrogens with zero attached hydrogens (tertiary/aromatic N) is 1. The summed E-state index contributed by atoms with van der Waals surface area (Å²) in [7, 11) is 0. The molecule has 0 spiro atoms. The van der Waals surface area contributed by atoms with Gasteiger partial charge in [-0.2, -0.15) is 0 Å². The van der Waals surface area contributed by atoms with Gasteiger partial charge in [0.05, 0.1) is 18.2 Å². The first-order valence-corrected chi connectivity index (χ1v) is 8.07. The van der Waals surface area contributed by atoms with E-state index in [-0.39, 0.29) is 30.7 Å². The molecule has 0 radical (unpaired) electrons. The van der Waals surface area contributed by atoms with Crippen LogP contribution in [0.3, 0.4) is 0 Å². The molecule has 0 bridgehead atoms. The van der Waals surface area contributed by atoms with E-state index in [1.54, 1.807) is 0 Å². The van der Waals surface area contributed by atoms with Crippen molar-refractivity contribution in [1.82, 2.24) is 10.5 Å². The Morgan fingerprint density at radius 2 is 2.17 bits per heavy atom. The smallest absolute Gasteiger partial charge is 0.232 e. The summed E-state index contributed by atoms with van der Waals surface area (Å²) in [4.78, 5) is 24.3. The van der Waals surface area contributed by atoms with E-state index in [1.807, 2.05) is 45.0 Å². The third-order valence-electron chi connectivity index (χ3n) is 4.18. The van der Waals surface area contributed by atoms with Crippen LogP contribution < -0.4 is 10.6 Å². The summed E-state index contributed by atoms with van der Waals surface area (Å²) in [6, 6.07) is 7.62. The van der Waals surface area contributed by atoms with Crippen LogP contribution in [-0.2, 0) is 16.1 Å². The van der Waals surface area contributed by atoms with Gasteiger partial charge < -0.3 is 15.2 Å². The van der Waals surface area contributed by atoms with E-state index in [0.717, 1.165) is 22.5 Å². The van der Waals surface area contributed by atoms with Gasteiger partial charge in [-0.3, -0.25) is 9.59 Å². The summed E-state index contributed by atoms with van der Waals surface area (Å²) in [5, 5.41) is 9.58. The van der Waals surface area contributed by atoms with Crippen molar-refractivity contribution >= 4 is 17.5 Å². The average molecular weight is 327 g/mol. The van der Waals surface area contributed by atoms with Gasteiger partial charge in [-0.25, -0.2) is 0 Å². The van der Waals surface area contributed by atoms with Gasteiger partial charge in [-0.1, -0.05) is 31.1 Å². The van der Waals surface area contributed by atoms with Crippen molar-refractivity contribution in [3.63, 3.8) is 0 Å². The first kappa shape index (κ1) is 16.2. The van der Waals surface area contributed by atoms with E-state index in [4.69, 9.17) is 4.52 Å².